The molecule has 7 nitrogen and oxygen atoms in total. The minimum atomic E-state index is 0.377. The topological polar surface area (TPSA) is 71.3 Å². The van der Waals surface area contributed by atoms with Crippen LogP contribution in [0, 0.1) is 6.92 Å². The van der Waals surface area contributed by atoms with Crippen molar-refractivity contribution in [1.82, 2.24) is 29.7 Å². The van der Waals surface area contributed by atoms with Crippen LogP contribution >= 0.6 is 0 Å². The van der Waals surface area contributed by atoms with E-state index in [2.05, 4.69) is 65.0 Å². The van der Waals surface area contributed by atoms with Crippen LogP contribution in [0.3, 0.4) is 0 Å². The van der Waals surface area contributed by atoms with Gasteiger partial charge in [0, 0.05) is 30.2 Å². The van der Waals surface area contributed by atoms with Crippen molar-refractivity contribution >= 4 is 16.6 Å². The Morgan fingerprint density at radius 2 is 1.85 bits per heavy atom. The number of hydrogen-bond acceptors (Lipinski definition) is 5. The smallest absolute Gasteiger partial charge is 0.176 e. The van der Waals surface area contributed by atoms with Gasteiger partial charge in [0.05, 0.1) is 5.69 Å². The number of rotatable bonds is 4. The highest BCUT2D eigenvalue weighted by Gasteiger charge is 2.28. The highest BCUT2D eigenvalue weighted by Crippen LogP contribution is 2.39. The second kappa shape index (κ2) is 8.78. The molecule has 0 saturated carbocycles. The Morgan fingerprint density at radius 3 is 2.62 bits per heavy atom. The van der Waals surface area contributed by atoms with E-state index < -0.39 is 0 Å². The van der Waals surface area contributed by atoms with Crippen molar-refractivity contribution in [2.45, 2.75) is 64.3 Å². The van der Waals surface area contributed by atoms with Crippen LogP contribution in [0.4, 0.5) is 0 Å². The first kappa shape index (κ1) is 21.7. The first-order valence-corrected chi connectivity index (χ1v) is 12.7. The highest BCUT2D eigenvalue weighted by atomic mass is 16.5. The van der Waals surface area contributed by atoms with Crippen LogP contribution in [0.2, 0.25) is 0 Å². The molecule has 34 heavy (non-hydrogen) atoms. The Balaban J connectivity index is 1.32. The van der Waals surface area contributed by atoms with E-state index in [0.717, 1.165) is 41.9 Å². The third-order valence-corrected chi connectivity index (χ3v) is 7.85. The second-order valence-corrected chi connectivity index (χ2v) is 10.3. The maximum Gasteiger partial charge on any atom is 0.176 e. The zero-order valence-electron chi connectivity index (χ0n) is 20.4. The van der Waals surface area contributed by atoms with Gasteiger partial charge in [0.2, 0.25) is 0 Å². The van der Waals surface area contributed by atoms with Crippen molar-refractivity contribution in [3.8, 4) is 11.4 Å². The molecule has 0 bridgehead atoms. The van der Waals surface area contributed by atoms with Crippen LogP contribution in [-0.4, -0.2) is 62.0 Å². The summed E-state index contributed by atoms with van der Waals surface area (Å²) in [7, 11) is 0. The van der Waals surface area contributed by atoms with Crippen LogP contribution in [0.1, 0.15) is 68.1 Å². The molecular weight excluding hydrogens is 424 g/mol. The van der Waals surface area contributed by atoms with E-state index in [1.165, 1.54) is 60.8 Å². The van der Waals surface area contributed by atoms with Gasteiger partial charge in [0.15, 0.2) is 5.65 Å². The Morgan fingerprint density at radius 1 is 1.06 bits per heavy atom. The maximum atomic E-state index is 5.57. The molecule has 0 radical (unpaired) electrons. The number of aromatic amines is 1. The van der Waals surface area contributed by atoms with E-state index in [9.17, 15) is 0 Å². The molecule has 5 heterocycles. The van der Waals surface area contributed by atoms with E-state index in [4.69, 9.17) is 9.84 Å². The van der Waals surface area contributed by atoms with E-state index in [1.807, 2.05) is 0 Å². The van der Waals surface area contributed by atoms with Crippen molar-refractivity contribution in [2.24, 2.45) is 0 Å². The van der Waals surface area contributed by atoms with Gasteiger partial charge in [0.25, 0.3) is 0 Å². The molecule has 0 aliphatic carbocycles. The van der Waals surface area contributed by atoms with Gasteiger partial charge in [-0.05, 0) is 92.4 Å². The highest BCUT2D eigenvalue weighted by molar-refractivity contribution is 5.91. The first-order valence-electron chi connectivity index (χ1n) is 12.7. The minimum absolute atomic E-state index is 0.377. The number of aryl methyl sites for hydroxylation is 1. The van der Waals surface area contributed by atoms with Gasteiger partial charge in [0.1, 0.15) is 12.0 Å². The Bertz CT molecular complexity index is 1310. The third-order valence-electron chi connectivity index (χ3n) is 7.85. The van der Waals surface area contributed by atoms with Gasteiger partial charge in [-0.1, -0.05) is 19.9 Å². The SMILES string of the molecule is Cc1cc2ncnn2nc1-c1[nH]c2ccc(C3CCN(C4CCOCC4)CC3)cc2c1C(C)C. The average molecular weight is 459 g/mol. The average Bonchev–Trinajstić information content (AvgIpc) is 3.47. The van der Waals surface area contributed by atoms with Crippen molar-refractivity contribution in [3.05, 3.63) is 47.3 Å². The third kappa shape index (κ3) is 3.81. The summed E-state index contributed by atoms with van der Waals surface area (Å²) < 4.78 is 7.19. The number of aromatic nitrogens is 5. The van der Waals surface area contributed by atoms with Gasteiger partial charge < -0.3 is 14.6 Å². The van der Waals surface area contributed by atoms with E-state index >= 15 is 0 Å². The van der Waals surface area contributed by atoms with Crippen LogP contribution in [0.15, 0.2) is 30.6 Å². The molecular formula is C27H34N6O. The Labute approximate surface area is 200 Å². The van der Waals surface area contributed by atoms with Crippen molar-refractivity contribution in [3.63, 3.8) is 0 Å². The predicted octanol–water partition coefficient (Wildman–Crippen LogP) is 5.06. The number of piperidine rings is 1. The molecule has 2 saturated heterocycles. The number of benzene rings is 1. The van der Waals surface area contributed by atoms with Crippen molar-refractivity contribution in [1.29, 1.82) is 0 Å². The number of nitrogens with zero attached hydrogens (tertiary/aromatic N) is 5. The lowest BCUT2D eigenvalue weighted by molar-refractivity contribution is 0.0252. The largest absolute Gasteiger partial charge is 0.381 e. The van der Waals surface area contributed by atoms with E-state index in [0.29, 0.717) is 11.8 Å². The maximum absolute atomic E-state index is 5.57. The van der Waals surface area contributed by atoms with Crippen LogP contribution in [0.25, 0.3) is 27.9 Å². The summed E-state index contributed by atoms with van der Waals surface area (Å²) in [5, 5.41) is 10.4. The molecule has 4 aromatic rings. The number of fused-ring (bicyclic) bond motifs is 2. The van der Waals surface area contributed by atoms with Crippen molar-refractivity contribution < 1.29 is 4.74 Å². The standard InChI is InChI=1S/C27H34N6O/c1-17(2)25-22-15-20(19-6-10-32(11-7-19)21-8-12-34-13-9-21)4-5-23(22)30-27(25)26-18(3)14-24-28-16-29-33(24)31-26/h4-5,14-17,19,21,30H,6-13H2,1-3H3. The molecule has 2 aliphatic heterocycles. The molecule has 2 aliphatic rings. The number of ether oxygens (including phenoxy) is 1. The quantitative estimate of drug-likeness (QED) is 0.463. The summed E-state index contributed by atoms with van der Waals surface area (Å²) in [6.45, 7) is 10.9. The van der Waals surface area contributed by atoms with E-state index in [-0.39, 0.29) is 0 Å². The summed E-state index contributed by atoms with van der Waals surface area (Å²) in [6, 6.07) is 9.83. The monoisotopic (exact) mass is 458 g/mol. The van der Waals surface area contributed by atoms with Gasteiger partial charge >= 0.3 is 0 Å². The fraction of sp³-hybridized carbons (Fsp3) is 0.519. The molecule has 1 aromatic carbocycles. The molecule has 6 rings (SSSR count). The zero-order valence-corrected chi connectivity index (χ0v) is 20.4. The van der Waals surface area contributed by atoms with Gasteiger partial charge in [-0.25, -0.2) is 4.98 Å². The summed E-state index contributed by atoms with van der Waals surface area (Å²) in [5.74, 6) is 1.01. The summed E-state index contributed by atoms with van der Waals surface area (Å²) in [5.41, 5.74) is 7.93. The molecule has 0 unspecified atom stereocenters. The second-order valence-electron chi connectivity index (χ2n) is 10.3. The molecule has 0 atom stereocenters. The molecule has 178 valence electrons. The van der Waals surface area contributed by atoms with Crippen LogP contribution in [-0.2, 0) is 4.74 Å². The molecule has 7 heteroatoms. The van der Waals surface area contributed by atoms with Gasteiger partial charge in [-0.3, -0.25) is 0 Å². The summed E-state index contributed by atoms with van der Waals surface area (Å²) in [4.78, 5) is 10.7. The molecule has 0 spiro atoms. The summed E-state index contributed by atoms with van der Waals surface area (Å²) in [6.07, 6.45) is 6.41. The fourth-order valence-electron chi connectivity index (χ4n) is 6.02. The fourth-order valence-corrected chi connectivity index (χ4v) is 6.02. The van der Waals surface area contributed by atoms with Gasteiger partial charge in [-0.2, -0.15) is 0 Å². The molecule has 2 fully saturated rings. The lowest BCUT2D eigenvalue weighted by Gasteiger charge is -2.39. The lowest BCUT2D eigenvalue weighted by atomic mass is 9.86. The molecule has 3 aromatic heterocycles. The summed E-state index contributed by atoms with van der Waals surface area (Å²) >= 11 is 0. The number of likely N-dealkylation sites (tertiary alicyclic amines) is 1. The number of nitrogens with one attached hydrogen (secondary N) is 1. The predicted molar refractivity (Wildman–Crippen MR) is 134 cm³/mol. The lowest BCUT2D eigenvalue weighted by Crippen LogP contribution is -2.43. The minimum Gasteiger partial charge on any atom is -0.381 e. The Hall–Kier alpha value is -2.77. The van der Waals surface area contributed by atoms with Crippen molar-refractivity contribution in [2.75, 3.05) is 26.3 Å². The van der Waals surface area contributed by atoms with E-state index in [1.54, 1.807) is 11.0 Å². The van der Waals surface area contributed by atoms with Crippen LogP contribution in [0.5, 0.6) is 0 Å². The number of H-pyrrole nitrogens is 1. The molecule has 0 amide bonds. The molecule has 1 N–H and O–H groups in total. The Kier molecular flexibility index (Phi) is 5.62. The number of hydrogen-bond donors (Lipinski definition) is 1. The van der Waals surface area contributed by atoms with Gasteiger partial charge in [-0.15, -0.1) is 14.8 Å². The normalized spacial score (nSPS) is 19.1. The van der Waals surface area contributed by atoms with Crippen LogP contribution < -0.4 is 0 Å². The first-order chi connectivity index (χ1) is 16.6. The zero-order chi connectivity index (χ0) is 23.2.